The van der Waals surface area contributed by atoms with Gasteiger partial charge in [-0.3, -0.25) is 10.2 Å². The van der Waals surface area contributed by atoms with Gasteiger partial charge in [-0.25, -0.2) is 10.4 Å². The molecule has 4 aromatic rings. The summed E-state index contributed by atoms with van der Waals surface area (Å²) >= 11 is 23.0. The predicted octanol–water partition coefficient (Wildman–Crippen LogP) is 7.53. The van der Waals surface area contributed by atoms with Crippen LogP contribution in [-0.4, -0.2) is 42.2 Å². The molecule has 0 spiro atoms. The Morgan fingerprint density at radius 1 is 0.956 bits per heavy atom. The molecule has 0 aromatic heterocycles. The number of aliphatic hydroxyl groups excluding tert-OH is 1. The molecule has 5 rings (SSSR count). The van der Waals surface area contributed by atoms with Gasteiger partial charge in [-0.2, -0.15) is 0 Å². The standard InChI is InChI=1S/C34H31BrCl3N3O4/c35-28-8-3-1-7-24(28)21-34(33(43)41-39-17-16-22-6-2-4-9-29(22)37)31(27-15-12-25(36)20-30(27)38)45-32(40-34)23-10-13-26(14-11-23)44-19-5-18-42/h1-4,6-15,20,31,39,42H,5,16-19,21H2,(H,41,43)/t31-,34-/m0/s1. The fourth-order valence-corrected chi connectivity index (χ4v) is 6.22. The van der Waals surface area contributed by atoms with E-state index in [9.17, 15) is 4.79 Å². The lowest BCUT2D eigenvalue weighted by molar-refractivity contribution is -0.130. The van der Waals surface area contributed by atoms with E-state index >= 15 is 0 Å². The second kappa shape index (κ2) is 15.5. The zero-order valence-corrected chi connectivity index (χ0v) is 28.0. The molecule has 0 saturated heterocycles. The van der Waals surface area contributed by atoms with Gasteiger partial charge in [-0.15, -0.1) is 0 Å². The quantitative estimate of drug-likeness (QED) is 0.0978. The van der Waals surface area contributed by atoms with Crippen LogP contribution in [0.4, 0.5) is 0 Å². The van der Waals surface area contributed by atoms with E-state index in [4.69, 9.17) is 54.4 Å². The first-order valence-electron chi connectivity index (χ1n) is 14.4. The molecular weight excluding hydrogens is 701 g/mol. The Morgan fingerprint density at radius 3 is 2.40 bits per heavy atom. The molecule has 234 valence electrons. The van der Waals surface area contributed by atoms with E-state index in [1.165, 1.54) is 0 Å². The molecule has 3 N–H and O–H groups in total. The molecule has 1 aliphatic rings. The number of hydrogen-bond acceptors (Lipinski definition) is 6. The van der Waals surface area contributed by atoms with Crippen molar-refractivity contribution in [3.8, 4) is 5.75 Å². The molecular formula is C34H31BrCl3N3O4. The maximum Gasteiger partial charge on any atom is 0.266 e. The lowest BCUT2D eigenvalue weighted by atomic mass is 9.82. The minimum absolute atomic E-state index is 0.0495. The van der Waals surface area contributed by atoms with Crippen molar-refractivity contribution in [3.63, 3.8) is 0 Å². The van der Waals surface area contributed by atoms with E-state index in [-0.39, 0.29) is 18.9 Å². The molecule has 0 saturated carbocycles. The smallest absolute Gasteiger partial charge is 0.266 e. The molecule has 1 aliphatic heterocycles. The van der Waals surface area contributed by atoms with E-state index < -0.39 is 17.6 Å². The molecule has 1 amide bonds. The maximum atomic E-state index is 14.4. The first-order chi connectivity index (χ1) is 21.8. The zero-order chi connectivity index (χ0) is 31.8. The van der Waals surface area contributed by atoms with Crippen molar-refractivity contribution in [3.05, 3.63) is 133 Å². The number of aliphatic imine (C=N–C) groups is 1. The average molecular weight is 732 g/mol. The number of aliphatic hydroxyl groups is 1. The second-order valence-electron chi connectivity index (χ2n) is 10.4. The Morgan fingerprint density at radius 2 is 1.69 bits per heavy atom. The van der Waals surface area contributed by atoms with Crippen molar-refractivity contribution in [2.45, 2.75) is 30.9 Å². The molecule has 1 heterocycles. The number of hydrazine groups is 1. The number of nitrogens with one attached hydrogen (secondary N) is 2. The summed E-state index contributed by atoms with van der Waals surface area (Å²) < 4.78 is 13.1. The van der Waals surface area contributed by atoms with Crippen LogP contribution in [0, 0.1) is 0 Å². The normalized spacial score (nSPS) is 17.4. The largest absolute Gasteiger partial charge is 0.494 e. The molecule has 0 aliphatic carbocycles. The minimum Gasteiger partial charge on any atom is -0.494 e. The summed E-state index contributed by atoms with van der Waals surface area (Å²) in [5, 5.41) is 10.5. The molecule has 0 bridgehead atoms. The van der Waals surface area contributed by atoms with Crippen molar-refractivity contribution < 1.29 is 19.4 Å². The highest BCUT2D eigenvalue weighted by Crippen LogP contribution is 2.45. The van der Waals surface area contributed by atoms with Crippen molar-refractivity contribution >= 4 is 62.5 Å². The number of hydrogen-bond donors (Lipinski definition) is 3. The number of benzene rings is 4. The molecule has 0 fully saturated rings. The highest BCUT2D eigenvalue weighted by atomic mass is 79.9. The SMILES string of the molecule is O=C(NNCCc1ccccc1Cl)[C@@]1(Cc2ccccc2Br)N=C(c2ccc(OCCCO)cc2)O[C@H]1c1ccc(Cl)cc1Cl. The maximum absolute atomic E-state index is 14.4. The molecule has 7 nitrogen and oxygen atoms in total. The van der Waals surface area contributed by atoms with Gasteiger partial charge in [-0.05, 0) is 66.1 Å². The fraction of sp³-hybridized carbons (Fsp3) is 0.235. The number of nitrogens with zero attached hydrogens (tertiary/aromatic N) is 1. The first kappa shape index (κ1) is 33.3. The van der Waals surface area contributed by atoms with Gasteiger partial charge in [0, 0.05) is 56.7 Å². The monoisotopic (exact) mass is 729 g/mol. The van der Waals surface area contributed by atoms with Gasteiger partial charge >= 0.3 is 0 Å². The van der Waals surface area contributed by atoms with Gasteiger partial charge in [0.15, 0.2) is 11.6 Å². The van der Waals surface area contributed by atoms with Gasteiger partial charge in [-0.1, -0.05) is 93.2 Å². The first-order valence-corrected chi connectivity index (χ1v) is 16.3. The molecule has 0 unspecified atom stereocenters. The summed E-state index contributed by atoms with van der Waals surface area (Å²) in [6.07, 6.45) is 0.430. The third kappa shape index (κ3) is 8.01. The van der Waals surface area contributed by atoms with Crippen LogP contribution in [0.1, 0.15) is 34.8 Å². The Labute approximate surface area is 285 Å². The van der Waals surface area contributed by atoms with Crippen LogP contribution in [0.3, 0.4) is 0 Å². The van der Waals surface area contributed by atoms with Crippen molar-refractivity contribution in [1.82, 2.24) is 10.9 Å². The van der Waals surface area contributed by atoms with E-state index in [1.807, 2.05) is 60.7 Å². The number of ether oxygens (including phenoxy) is 2. The van der Waals surface area contributed by atoms with Crippen molar-refractivity contribution in [1.29, 1.82) is 0 Å². The number of amides is 1. The Hall–Kier alpha value is -3.11. The van der Waals surface area contributed by atoms with E-state index in [0.717, 1.165) is 15.6 Å². The van der Waals surface area contributed by atoms with E-state index in [2.05, 4.69) is 26.8 Å². The lowest BCUT2D eigenvalue weighted by Crippen LogP contribution is -2.54. The Bertz CT molecular complexity index is 1670. The van der Waals surface area contributed by atoms with E-state index in [0.29, 0.717) is 57.9 Å². The van der Waals surface area contributed by atoms with Crippen molar-refractivity contribution in [2.24, 2.45) is 4.99 Å². The van der Waals surface area contributed by atoms with Crippen LogP contribution in [0.15, 0.2) is 100 Å². The highest BCUT2D eigenvalue weighted by molar-refractivity contribution is 9.10. The Kier molecular flexibility index (Phi) is 11.4. The van der Waals surface area contributed by atoms with Gasteiger partial charge in [0.25, 0.3) is 5.91 Å². The summed E-state index contributed by atoms with van der Waals surface area (Å²) in [5.74, 6) is 0.529. The topological polar surface area (TPSA) is 92.2 Å². The van der Waals surface area contributed by atoms with Crippen LogP contribution in [0.2, 0.25) is 15.1 Å². The zero-order valence-electron chi connectivity index (χ0n) is 24.1. The molecule has 0 radical (unpaired) electrons. The number of carbonyl (C=O) groups is 1. The summed E-state index contributed by atoms with van der Waals surface area (Å²) in [4.78, 5) is 19.4. The third-order valence-corrected chi connectivity index (χ3v) is 9.08. The fourth-order valence-electron chi connectivity index (χ4n) is 5.05. The lowest BCUT2D eigenvalue weighted by Gasteiger charge is -2.31. The van der Waals surface area contributed by atoms with Crippen LogP contribution >= 0.6 is 50.7 Å². The highest BCUT2D eigenvalue weighted by Gasteiger charge is 2.54. The molecule has 2 atom stereocenters. The Balaban J connectivity index is 1.51. The van der Waals surface area contributed by atoms with Crippen LogP contribution in [0.5, 0.6) is 5.75 Å². The number of halogens is 4. The van der Waals surface area contributed by atoms with Gasteiger partial charge in [0.1, 0.15) is 5.75 Å². The number of carbonyl (C=O) groups excluding carboxylic acids is 1. The summed E-state index contributed by atoms with van der Waals surface area (Å²) in [6.45, 7) is 0.874. The average Bonchev–Trinajstić information content (AvgIpc) is 3.41. The van der Waals surface area contributed by atoms with Crippen LogP contribution in [-0.2, 0) is 22.4 Å². The van der Waals surface area contributed by atoms with Crippen LogP contribution in [0.25, 0.3) is 0 Å². The van der Waals surface area contributed by atoms with Crippen LogP contribution < -0.4 is 15.6 Å². The predicted molar refractivity (Wildman–Crippen MR) is 182 cm³/mol. The molecule has 45 heavy (non-hydrogen) atoms. The molecule has 4 aromatic carbocycles. The van der Waals surface area contributed by atoms with Gasteiger partial charge in [0.2, 0.25) is 5.90 Å². The second-order valence-corrected chi connectivity index (χ2v) is 12.6. The molecule has 11 heteroatoms. The third-order valence-electron chi connectivity index (χ3n) is 7.37. The van der Waals surface area contributed by atoms with Gasteiger partial charge in [0.05, 0.1) is 6.61 Å². The van der Waals surface area contributed by atoms with E-state index in [1.54, 1.807) is 30.3 Å². The summed E-state index contributed by atoms with van der Waals surface area (Å²) in [5.41, 5.74) is 7.54. The number of rotatable bonds is 13. The summed E-state index contributed by atoms with van der Waals surface area (Å²) in [6, 6.07) is 27.6. The van der Waals surface area contributed by atoms with Crippen molar-refractivity contribution in [2.75, 3.05) is 19.8 Å². The van der Waals surface area contributed by atoms with Gasteiger partial charge < -0.3 is 14.6 Å². The minimum atomic E-state index is -1.47. The summed E-state index contributed by atoms with van der Waals surface area (Å²) in [7, 11) is 0.